The Kier molecular flexibility index (Phi) is 6.32. The molecule has 0 N–H and O–H groups in total. The first-order valence-corrected chi connectivity index (χ1v) is 10.8. The Labute approximate surface area is 151 Å². The first-order chi connectivity index (χ1) is 11.7. The molecule has 1 amide bonds. The van der Waals surface area contributed by atoms with Gasteiger partial charge in [0.05, 0.1) is 11.3 Å². The van der Waals surface area contributed by atoms with Crippen LogP contribution in [0.2, 0.25) is 0 Å². The summed E-state index contributed by atoms with van der Waals surface area (Å²) >= 11 is 0. The molecule has 0 aliphatic carbocycles. The summed E-state index contributed by atoms with van der Waals surface area (Å²) in [5.74, 6) is 0.186. The molecule has 2 heterocycles. The minimum absolute atomic E-state index is 0.00902. The predicted molar refractivity (Wildman–Crippen MR) is 100 cm³/mol. The van der Waals surface area contributed by atoms with Gasteiger partial charge < -0.3 is 9.47 Å². The van der Waals surface area contributed by atoms with Gasteiger partial charge in [-0.05, 0) is 46.6 Å². The van der Waals surface area contributed by atoms with Crippen LogP contribution in [-0.4, -0.2) is 60.0 Å². The monoisotopic (exact) mass is 369 g/mol. The third kappa shape index (κ3) is 4.26. The molecule has 0 aromatic carbocycles. The van der Waals surface area contributed by atoms with E-state index in [1.165, 1.54) is 0 Å². The molecular formula is C18H31N3O3S. The number of aromatic nitrogens is 1. The van der Waals surface area contributed by atoms with Crippen molar-refractivity contribution in [3.05, 3.63) is 23.0 Å². The minimum atomic E-state index is -3.20. The van der Waals surface area contributed by atoms with Gasteiger partial charge in [-0.15, -0.1) is 0 Å². The average molecular weight is 370 g/mol. The summed E-state index contributed by atoms with van der Waals surface area (Å²) in [4.78, 5) is 14.8. The van der Waals surface area contributed by atoms with Crippen molar-refractivity contribution in [2.24, 2.45) is 0 Å². The average Bonchev–Trinajstić information content (AvgIpc) is 2.71. The second-order valence-corrected chi connectivity index (χ2v) is 9.20. The number of rotatable bonds is 5. The molecule has 1 aliphatic rings. The molecule has 7 heteroatoms. The van der Waals surface area contributed by atoms with Crippen molar-refractivity contribution in [1.82, 2.24) is 13.8 Å². The van der Waals surface area contributed by atoms with E-state index in [0.29, 0.717) is 45.1 Å². The van der Waals surface area contributed by atoms with Crippen LogP contribution < -0.4 is 0 Å². The fourth-order valence-corrected chi connectivity index (χ4v) is 5.26. The van der Waals surface area contributed by atoms with E-state index in [9.17, 15) is 13.2 Å². The van der Waals surface area contributed by atoms with Gasteiger partial charge in [-0.1, -0.05) is 6.92 Å². The Morgan fingerprint density at radius 3 is 2.40 bits per heavy atom. The van der Waals surface area contributed by atoms with Gasteiger partial charge in [0.2, 0.25) is 10.0 Å². The van der Waals surface area contributed by atoms with Crippen LogP contribution in [0.3, 0.4) is 0 Å². The second kappa shape index (κ2) is 7.91. The van der Waals surface area contributed by atoms with E-state index >= 15 is 0 Å². The quantitative estimate of drug-likeness (QED) is 0.801. The van der Waals surface area contributed by atoms with Crippen LogP contribution in [0.1, 0.15) is 61.4 Å². The van der Waals surface area contributed by atoms with Crippen molar-refractivity contribution in [2.75, 3.05) is 31.9 Å². The van der Waals surface area contributed by atoms with Crippen LogP contribution in [0.15, 0.2) is 6.07 Å². The fraction of sp³-hybridized carbons (Fsp3) is 0.722. The molecule has 1 fully saturated rings. The molecule has 0 spiro atoms. The highest BCUT2D eigenvalue weighted by Crippen LogP contribution is 2.22. The molecule has 0 atom stereocenters. The topological polar surface area (TPSA) is 62.6 Å². The lowest BCUT2D eigenvalue weighted by atomic mass is 10.2. The molecule has 0 radical (unpaired) electrons. The Balaban J connectivity index is 2.16. The molecule has 142 valence electrons. The number of hydrogen-bond acceptors (Lipinski definition) is 3. The number of hydrogen-bond donors (Lipinski definition) is 0. The van der Waals surface area contributed by atoms with Gasteiger partial charge in [0.25, 0.3) is 5.91 Å². The molecule has 1 aliphatic heterocycles. The van der Waals surface area contributed by atoms with E-state index in [2.05, 4.69) is 18.4 Å². The zero-order valence-corrected chi connectivity index (χ0v) is 16.9. The van der Waals surface area contributed by atoms with Crippen molar-refractivity contribution in [3.8, 4) is 0 Å². The van der Waals surface area contributed by atoms with Gasteiger partial charge in [0, 0.05) is 43.6 Å². The van der Waals surface area contributed by atoms with E-state index in [0.717, 1.165) is 17.0 Å². The standard InChI is InChI=1S/C18H31N3O3S/c1-6-12-25(23,24)20-9-7-8-19(10-11-20)18(22)17-13-15(4)21(14(2)3)16(17)5/h13-14H,6-12H2,1-5H3. The zero-order chi connectivity index (χ0) is 18.8. The lowest BCUT2D eigenvalue weighted by Gasteiger charge is -2.22. The number of amides is 1. The third-order valence-electron chi connectivity index (χ3n) is 4.83. The number of carbonyl (C=O) groups excluding carboxylic acids is 1. The Hall–Kier alpha value is -1.34. The molecule has 6 nitrogen and oxygen atoms in total. The van der Waals surface area contributed by atoms with Crippen LogP contribution in [0.5, 0.6) is 0 Å². The number of carbonyl (C=O) groups is 1. The fourth-order valence-electron chi connectivity index (χ4n) is 3.72. The van der Waals surface area contributed by atoms with Gasteiger partial charge in [0.1, 0.15) is 0 Å². The smallest absolute Gasteiger partial charge is 0.255 e. The number of sulfonamides is 1. The summed E-state index contributed by atoms with van der Waals surface area (Å²) in [7, 11) is -3.20. The first-order valence-electron chi connectivity index (χ1n) is 9.14. The molecule has 25 heavy (non-hydrogen) atoms. The number of aryl methyl sites for hydroxylation is 1. The second-order valence-electron chi connectivity index (χ2n) is 7.11. The highest BCUT2D eigenvalue weighted by molar-refractivity contribution is 7.89. The highest BCUT2D eigenvalue weighted by atomic mass is 32.2. The first kappa shape index (κ1) is 20.0. The molecule has 1 aromatic rings. The van der Waals surface area contributed by atoms with Crippen LogP contribution in [0.4, 0.5) is 0 Å². The van der Waals surface area contributed by atoms with Crippen molar-refractivity contribution >= 4 is 15.9 Å². The lowest BCUT2D eigenvalue weighted by molar-refractivity contribution is 0.0763. The molecule has 2 rings (SSSR count). The molecule has 0 bridgehead atoms. The third-order valence-corrected chi connectivity index (χ3v) is 6.90. The summed E-state index contributed by atoms with van der Waals surface area (Å²) in [6.07, 6.45) is 1.29. The molecule has 1 aromatic heterocycles. The van der Waals surface area contributed by atoms with Gasteiger partial charge in [0.15, 0.2) is 0 Å². The van der Waals surface area contributed by atoms with Crippen LogP contribution >= 0.6 is 0 Å². The normalized spacial score (nSPS) is 17.1. The molecular weight excluding hydrogens is 338 g/mol. The van der Waals surface area contributed by atoms with E-state index in [1.54, 1.807) is 9.21 Å². The van der Waals surface area contributed by atoms with Crippen LogP contribution in [-0.2, 0) is 10.0 Å². The van der Waals surface area contributed by atoms with Gasteiger partial charge >= 0.3 is 0 Å². The maximum atomic E-state index is 13.0. The van der Waals surface area contributed by atoms with E-state index in [1.807, 2.05) is 26.8 Å². The van der Waals surface area contributed by atoms with Crippen LogP contribution in [0.25, 0.3) is 0 Å². The van der Waals surface area contributed by atoms with Gasteiger partial charge in [-0.3, -0.25) is 4.79 Å². The minimum Gasteiger partial charge on any atom is -0.346 e. The predicted octanol–water partition coefficient (Wildman–Crippen LogP) is 2.57. The largest absolute Gasteiger partial charge is 0.346 e. The summed E-state index contributed by atoms with van der Waals surface area (Å²) in [6.45, 7) is 12.0. The SMILES string of the molecule is CCCS(=O)(=O)N1CCCN(C(=O)c2cc(C)n(C(C)C)c2C)CC1. The maximum Gasteiger partial charge on any atom is 0.255 e. The molecule has 1 saturated heterocycles. The van der Waals surface area contributed by atoms with Gasteiger partial charge in [-0.25, -0.2) is 12.7 Å². The molecule has 0 unspecified atom stereocenters. The Bertz CT molecular complexity index is 722. The zero-order valence-electron chi connectivity index (χ0n) is 16.1. The lowest BCUT2D eigenvalue weighted by Crippen LogP contribution is -2.38. The van der Waals surface area contributed by atoms with E-state index in [-0.39, 0.29) is 11.7 Å². The maximum absolute atomic E-state index is 13.0. The van der Waals surface area contributed by atoms with Gasteiger partial charge in [-0.2, -0.15) is 0 Å². The Morgan fingerprint density at radius 1 is 1.16 bits per heavy atom. The van der Waals surface area contributed by atoms with E-state index in [4.69, 9.17) is 0 Å². The summed E-state index contributed by atoms with van der Waals surface area (Å²) in [5.41, 5.74) is 2.80. The van der Waals surface area contributed by atoms with Crippen molar-refractivity contribution < 1.29 is 13.2 Å². The highest BCUT2D eigenvalue weighted by Gasteiger charge is 2.28. The van der Waals surface area contributed by atoms with Crippen molar-refractivity contribution in [2.45, 2.75) is 53.5 Å². The van der Waals surface area contributed by atoms with E-state index < -0.39 is 10.0 Å². The molecule has 0 saturated carbocycles. The summed E-state index contributed by atoms with van der Waals surface area (Å²) in [5, 5.41) is 0. The summed E-state index contributed by atoms with van der Waals surface area (Å²) in [6, 6.07) is 2.26. The number of nitrogens with zero attached hydrogens (tertiary/aromatic N) is 3. The summed E-state index contributed by atoms with van der Waals surface area (Å²) < 4.78 is 28.3. The Morgan fingerprint density at radius 2 is 1.84 bits per heavy atom. The van der Waals surface area contributed by atoms with Crippen molar-refractivity contribution in [3.63, 3.8) is 0 Å². The van der Waals surface area contributed by atoms with Crippen molar-refractivity contribution in [1.29, 1.82) is 0 Å². The van der Waals surface area contributed by atoms with Crippen LogP contribution in [0, 0.1) is 13.8 Å².